The Morgan fingerprint density at radius 1 is 0.402 bits per heavy atom. The fourth-order valence-corrected chi connectivity index (χ4v) is 11.8. The van der Waals surface area contributed by atoms with E-state index in [0.29, 0.717) is 38.5 Å². The minimum absolute atomic E-state index is 0.0204. The molecule has 3 aliphatic heterocycles. The molecule has 1 saturated carbocycles. The molecular weight excluding hydrogens is 1360 g/mol. The van der Waals surface area contributed by atoms with E-state index < -0.39 is 184 Å². The van der Waals surface area contributed by atoms with Crippen LogP contribution in [0.3, 0.4) is 0 Å². The highest BCUT2D eigenvalue weighted by Gasteiger charge is 2.48. The van der Waals surface area contributed by atoms with Gasteiger partial charge in [-0.05, 0) is 32.1 Å². The molecule has 0 aromatic rings. The summed E-state index contributed by atoms with van der Waals surface area (Å²) in [5.74, 6) is -4.87. The lowest BCUT2D eigenvalue weighted by Gasteiger charge is -2.42. The lowest BCUT2D eigenvalue weighted by atomic mass is 9.97. The number of unbranched alkanes of at least 4 members (excludes halogenated alkanes) is 7. The Labute approximate surface area is 592 Å². The second-order valence-corrected chi connectivity index (χ2v) is 25.4. The minimum Gasteiger partial charge on any atom is -0.394 e. The van der Waals surface area contributed by atoms with Crippen molar-refractivity contribution in [3.05, 3.63) is 0 Å². The molecule has 4 aliphatic rings. The third-order valence-electron chi connectivity index (χ3n) is 17.3. The number of nitrogens with one attached hydrogen (secondary N) is 9. The van der Waals surface area contributed by atoms with Gasteiger partial charge in [0.2, 0.25) is 53.2 Å². The molecule has 3 heterocycles. The first-order valence-electron chi connectivity index (χ1n) is 35.0. The van der Waals surface area contributed by atoms with Gasteiger partial charge in [0, 0.05) is 79.6 Å². The van der Waals surface area contributed by atoms with Crippen molar-refractivity contribution < 1.29 is 142 Å². The van der Waals surface area contributed by atoms with Crippen molar-refractivity contribution in [1.29, 1.82) is 0 Å². The number of aliphatic hydroxyl groups excluding tert-OH is 10. The monoisotopic (exact) mass is 1470 g/mol. The number of carbonyl (C=O) groups is 9. The van der Waals surface area contributed by atoms with Gasteiger partial charge in [-0.1, -0.05) is 38.5 Å². The summed E-state index contributed by atoms with van der Waals surface area (Å²) in [6.07, 6.45) is -10.8. The maximum absolute atomic E-state index is 13.8. The Bertz CT molecular complexity index is 2500. The fourth-order valence-electron chi connectivity index (χ4n) is 11.8. The van der Waals surface area contributed by atoms with Crippen LogP contribution in [0.15, 0.2) is 0 Å². The van der Waals surface area contributed by atoms with Crippen molar-refractivity contribution in [2.75, 3.05) is 106 Å². The summed E-state index contributed by atoms with van der Waals surface area (Å²) in [6.45, 7) is 0.452. The molecule has 0 spiro atoms. The maximum atomic E-state index is 13.8. The minimum atomic E-state index is -1.54. The van der Waals surface area contributed by atoms with E-state index in [0.717, 1.165) is 32.1 Å². The van der Waals surface area contributed by atoms with E-state index in [1.54, 1.807) is 7.11 Å². The molecule has 0 aromatic carbocycles. The summed E-state index contributed by atoms with van der Waals surface area (Å²) >= 11 is 0. The van der Waals surface area contributed by atoms with Crippen LogP contribution in [0.1, 0.15) is 124 Å². The van der Waals surface area contributed by atoms with E-state index in [1.165, 1.54) is 20.8 Å². The van der Waals surface area contributed by atoms with Gasteiger partial charge in [0.25, 0.3) is 0 Å². The number of ether oxygens (including phenoxy) is 10. The van der Waals surface area contributed by atoms with Gasteiger partial charge in [-0.25, -0.2) is 0 Å². The zero-order valence-electron chi connectivity index (χ0n) is 58.7. The third kappa shape index (κ3) is 32.4. The standard InChI is InChI=1S/C64H113N9O29/c1-36(77)68-51-57(88)54(85)44(33-74)100-62(51)97-28-25-94-22-19-65-47(81)17-15-40(60(91)66-20-23-95-26-29-98-63-52(69-37(2)78)58(89)55(86)45(34-75)101-63)72-50(84)18-16-41(61(92)67-21-24-96-27-30-99-64-53(70-38(3)79)59(90)56(87)46(35-76)102-64)71-48(82)13-11-9-7-5-6-8-10-12-14-49(83)73-42-31-39(80)32-43(42)93-4/h39-46,51-59,62-64,74-76,80,85-90H,5-35H2,1-4H3,(H,65,81)(H,66,91)(H,67,92)(H,68,77)(H,69,78)(H,70,79)(H,71,82)(H,72,84)(H,73,83)/t39-,40?,41?,42-,43+,44?,45?,46-,51?,52?,53?,54?,55?,56?,57?,58?,59?,62?,63?,64?/m1/s1. The molecule has 9 amide bonds. The van der Waals surface area contributed by atoms with E-state index in [1.807, 2.05) is 0 Å². The summed E-state index contributed by atoms with van der Waals surface area (Å²) in [5, 5.41) is 125. The molecule has 0 bridgehead atoms. The number of hydrogen-bond donors (Lipinski definition) is 19. The molecule has 588 valence electrons. The molecule has 19 N–H and O–H groups in total. The molecule has 0 aromatic heterocycles. The molecule has 20 atom stereocenters. The predicted molar refractivity (Wildman–Crippen MR) is 352 cm³/mol. The van der Waals surface area contributed by atoms with Crippen LogP contribution in [0.5, 0.6) is 0 Å². The zero-order chi connectivity index (χ0) is 75.1. The molecule has 4 rings (SSSR count). The van der Waals surface area contributed by atoms with Gasteiger partial charge in [0.15, 0.2) is 18.9 Å². The molecule has 38 heteroatoms. The normalized spacial score (nSPS) is 28.4. The van der Waals surface area contributed by atoms with Gasteiger partial charge in [-0.2, -0.15) is 0 Å². The van der Waals surface area contributed by atoms with Crippen molar-refractivity contribution in [3.63, 3.8) is 0 Å². The van der Waals surface area contributed by atoms with Crippen LogP contribution in [0, 0.1) is 0 Å². The van der Waals surface area contributed by atoms with E-state index in [-0.39, 0.29) is 123 Å². The van der Waals surface area contributed by atoms with Gasteiger partial charge < -0.3 is 146 Å². The number of aliphatic hydroxyl groups is 10. The Balaban J connectivity index is 1.33. The number of carbonyl (C=O) groups excluding carboxylic acids is 9. The highest BCUT2D eigenvalue weighted by molar-refractivity contribution is 5.90. The number of methoxy groups -OCH3 is 1. The zero-order valence-corrected chi connectivity index (χ0v) is 58.7. The number of rotatable bonds is 50. The van der Waals surface area contributed by atoms with E-state index in [9.17, 15) is 94.2 Å². The Hall–Kier alpha value is -5.57. The molecule has 4 fully saturated rings. The Kier molecular flexibility index (Phi) is 42.9. The lowest BCUT2D eigenvalue weighted by molar-refractivity contribution is -0.272. The van der Waals surface area contributed by atoms with Crippen molar-refractivity contribution in [2.45, 2.75) is 246 Å². The highest BCUT2D eigenvalue weighted by Crippen LogP contribution is 2.26. The van der Waals surface area contributed by atoms with Crippen molar-refractivity contribution in [1.82, 2.24) is 47.9 Å². The van der Waals surface area contributed by atoms with Crippen LogP contribution in [0.2, 0.25) is 0 Å². The van der Waals surface area contributed by atoms with E-state index >= 15 is 0 Å². The van der Waals surface area contributed by atoms with Crippen LogP contribution in [0.25, 0.3) is 0 Å². The average Bonchev–Trinajstić information content (AvgIpc) is 1.03. The summed E-state index contributed by atoms with van der Waals surface area (Å²) in [7, 11) is 1.56. The van der Waals surface area contributed by atoms with Gasteiger partial charge in [-0.15, -0.1) is 0 Å². The highest BCUT2D eigenvalue weighted by atomic mass is 16.7. The average molecular weight is 1470 g/mol. The van der Waals surface area contributed by atoms with Gasteiger partial charge in [-0.3, -0.25) is 43.2 Å². The SMILES string of the molecule is CO[C@H]1C[C@H](O)C[C@H]1NC(=O)CCCCCCCCCCC(=O)NC(CCC(=O)NC(CCC(=O)NCCOCCOC1OC(CO)C(O)C(O)C1NC(C)=O)C(=O)NCCOCCOC1OC(CO)C(O)C(O)C1NC(C)=O)C(=O)NCCOCCOC1O[C@H](CO)C(O)C(O)C1NC(C)=O. The van der Waals surface area contributed by atoms with Crippen LogP contribution in [-0.4, -0.2) is 333 Å². The Morgan fingerprint density at radius 2 is 0.745 bits per heavy atom. The first-order valence-corrected chi connectivity index (χ1v) is 35.0. The van der Waals surface area contributed by atoms with Gasteiger partial charge in [0.1, 0.15) is 85.1 Å². The fraction of sp³-hybridized carbons (Fsp3) is 0.859. The first-order chi connectivity index (χ1) is 48.8. The van der Waals surface area contributed by atoms with Crippen LogP contribution < -0.4 is 47.9 Å². The molecule has 3 saturated heterocycles. The summed E-state index contributed by atoms with van der Waals surface area (Å²) in [5.41, 5.74) is 0. The summed E-state index contributed by atoms with van der Waals surface area (Å²) in [4.78, 5) is 116. The van der Waals surface area contributed by atoms with Crippen molar-refractivity contribution >= 4 is 53.2 Å². The molecule has 102 heavy (non-hydrogen) atoms. The topological polar surface area (TPSA) is 556 Å². The molecule has 16 unspecified atom stereocenters. The molecule has 38 nitrogen and oxygen atoms in total. The Morgan fingerprint density at radius 3 is 1.11 bits per heavy atom. The van der Waals surface area contributed by atoms with E-state index in [4.69, 9.17) is 47.4 Å². The van der Waals surface area contributed by atoms with E-state index in [2.05, 4.69) is 47.9 Å². The second-order valence-electron chi connectivity index (χ2n) is 25.4. The molecular formula is C64H113N9O29. The van der Waals surface area contributed by atoms with Crippen LogP contribution in [0.4, 0.5) is 0 Å². The van der Waals surface area contributed by atoms with Gasteiger partial charge >= 0.3 is 0 Å². The van der Waals surface area contributed by atoms with Crippen molar-refractivity contribution in [2.24, 2.45) is 0 Å². The predicted octanol–water partition coefficient (Wildman–Crippen LogP) is -7.65. The largest absolute Gasteiger partial charge is 0.394 e. The lowest BCUT2D eigenvalue weighted by Crippen LogP contribution is -2.64. The summed E-state index contributed by atoms with van der Waals surface area (Å²) in [6, 6.07) is -6.36. The third-order valence-corrected chi connectivity index (χ3v) is 17.3. The second kappa shape index (κ2) is 49.3. The summed E-state index contributed by atoms with van der Waals surface area (Å²) < 4.78 is 55.8. The quantitative estimate of drug-likeness (QED) is 0.0252. The first kappa shape index (κ1) is 88.8. The molecule has 1 aliphatic carbocycles. The van der Waals surface area contributed by atoms with Crippen LogP contribution in [-0.2, 0) is 90.5 Å². The number of amides is 9. The van der Waals surface area contributed by atoms with Crippen molar-refractivity contribution in [3.8, 4) is 0 Å². The van der Waals surface area contributed by atoms with Crippen LogP contribution >= 0.6 is 0 Å². The number of hydrogen-bond acceptors (Lipinski definition) is 29. The molecule has 0 radical (unpaired) electrons. The smallest absolute Gasteiger partial charge is 0.242 e. The van der Waals surface area contributed by atoms with Gasteiger partial charge in [0.05, 0.1) is 97.5 Å². The maximum Gasteiger partial charge on any atom is 0.242 e.